The molecule has 0 spiro atoms. The van der Waals surface area contributed by atoms with E-state index in [2.05, 4.69) is 35.6 Å². The Hall–Kier alpha value is -3.90. The van der Waals surface area contributed by atoms with Gasteiger partial charge < -0.3 is 24.4 Å². The molecule has 6 atom stereocenters. The Morgan fingerprint density at radius 3 is 2.80 bits per heavy atom. The first-order chi connectivity index (χ1) is 19.4. The Morgan fingerprint density at radius 2 is 2.05 bits per heavy atom. The van der Waals surface area contributed by atoms with Gasteiger partial charge in [-0.1, -0.05) is 24.0 Å². The van der Waals surface area contributed by atoms with E-state index in [1.165, 1.54) is 12.1 Å². The summed E-state index contributed by atoms with van der Waals surface area (Å²) < 4.78 is 30.8. The molecule has 2 aliphatic carbocycles. The monoisotopic (exact) mass is 545 g/mol. The minimum absolute atomic E-state index is 0.0662. The van der Waals surface area contributed by atoms with E-state index >= 15 is 0 Å². The molecule has 2 bridgehead atoms. The van der Waals surface area contributed by atoms with Crippen LogP contribution in [0.4, 0.5) is 4.39 Å². The minimum atomic E-state index is -0.670. The van der Waals surface area contributed by atoms with Gasteiger partial charge in [-0.05, 0) is 61.9 Å². The number of carbonyl (C=O) groups excluding carboxylic acids is 2. The van der Waals surface area contributed by atoms with Crippen molar-refractivity contribution in [2.75, 3.05) is 13.3 Å². The average Bonchev–Trinajstić information content (AvgIpc) is 3.75. The molecule has 1 amide bonds. The van der Waals surface area contributed by atoms with Crippen LogP contribution in [0.1, 0.15) is 42.2 Å². The topological polar surface area (TPSA) is 90.0 Å². The molecule has 1 unspecified atom stereocenters. The lowest BCUT2D eigenvalue weighted by molar-refractivity contribution is -0.156. The van der Waals surface area contributed by atoms with Gasteiger partial charge in [-0.15, -0.1) is 6.58 Å². The lowest BCUT2D eigenvalue weighted by atomic mass is 9.80. The van der Waals surface area contributed by atoms with Gasteiger partial charge >= 0.3 is 5.97 Å². The SMILES string of the molecule is C=C[C@H]1C[C@H]2C(NCc3ccc4c(c3)OCO4)[C@@H](C)C#C[C@@H]([C@@H]2OC(=O)C2CC2)N(C(=O)c2ccc(F)cn2)C1. The first-order valence-corrected chi connectivity index (χ1v) is 13.8. The summed E-state index contributed by atoms with van der Waals surface area (Å²) in [5.74, 6) is 6.55. The number of hydrogen-bond donors (Lipinski definition) is 1. The number of esters is 1. The Bertz CT molecular complexity index is 1370. The zero-order valence-electron chi connectivity index (χ0n) is 22.3. The Kier molecular flexibility index (Phi) is 7.20. The van der Waals surface area contributed by atoms with Crippen molar-refractivity contribution < 1.29 is 28.2 Å². The number of ether oxygens (including phenoxy) is 3. The highest BCUT2D eigenvalue weighted by molar-refractivity contribution is 5.93. The minimum Gasteiger partial charge on any atom is -0.459 e. The number of aromatic nitrogens is 1. The van der Waals surface area contributed by atoms with Crippen LogP contribution in [0, 0.1) is 41.3 Å². The Balaban J connectivity index is 1.32. The summed E-state index contributed by atoms with van der Waals surface area (Å²) in [5.41, 5.74) is 1.15. The van der Waals surface area contributed by atoms with Crippen molar-refractivity contribution in [2.24, 2.45) is 23.7 Å². The Labute approximate surface area is 232 Å². The fourth-order valence-corrected chi connectivity index (χ4v) is 5.87. The number of nitrogens with one attached hydrogen (secondary N) is 1. The maximum atomic E-state index is 13.7. The largest absolute Gasteiger partial charge is 0.459 e. The van der Waals surface area contributed by atoms with Gasteiger partial charge in [0.25, 0.3) is 5.91 Å². The number of fused-ring (bicyclic) bond motifs is 3. The van der Waals surface area contributed by atoms with Gasteiger partial charge in [0.2, 0.25) is 6.79 Å². The molecule has 0 radical (unpaired) electrons. The van der Waals surface area contributed by atoms with Crippen molar-refractivity contribution in [3.8, 4) is 23.3 Å². The first-order valence-electron chi connectivity index (χ1n) is 13.8. The molecule has 1 aromatic carbocycles. The predicted molar refractivity (Wildman–Crippen MR) is 144 cm³/mol. The van der Waals surface area contributed by atoms with Gasteiger partial charge in [0.1, 0.15) is 23.7 Å². The van der Waals surface area contributed by atoms with Crippen molar-refractivity contribution in [2.45, 2.75) is 50.9 Å². The van der Waals surface area contributed by atoms with Gasteiger partial charge in [0.15, 0.2) is 11.5 Å². The number of nitrogens with zero attached hydrogens (tertiary/aromatic N) is 2. The van der Waals surface area contributed by atoms with Crippen LogP contribution >= 0.6 is 0 Å². The maximum Gasteiger partial charge on any atom is 0.309 e. The van der Waals surface area contributed by atoms with Crippen molar-refractivity contribution in [1.29, 1.82) is 0 Å². The summed E-state index contributed by atoms with van der Waals surface area (Å²) in [4.78, 5) is 32.5. The molecule has 6 rings (SSSR count). The molecule has 208 valence electrons. The van der Waals surface area contributed by atoms with E-state index in [0.717, 1.165) is 30.4 Å². The van der Waals surface area contributed by atoms with E-state index in [1.54, 1.807) is 4.90 Å². The molecule has 9 heteroatoms. The number of benzene rings is 1. The molecule has 8 nitrogen and oxygen atoms in total. The van der Waals surface area contributed by atoms with E-state index in [4.69, 9.17) is 14.2 Å². The highest BCUT2D eigenvalue weighted by Gasteiger charge is 2.48. The summed E-state index contributed by atoms with van der Waals surface area (Å²) >= 11 is 0. The second kappa shape index (κ2) is 10.9. The van der Waals surface area contributed by atoms with Crippen LogP contribution in [-0.2, 0) is 16.1 Å². The van der Waals surface area contributed by atoms with E-state index in [1.807, 2.05) is 24.3 Å². The summed E-state index contributed by atoms with van der Waals surface area (Å²) in [6.07, 6.45) is 4.51. The van der Waals surface area contributed by atoms with Crippen molar-refractivity contribution in [3.63, 3.8) is 0 Å². The molecule has 40 heavy (non-hydrogen) atoms. The van der Waals surface area contributed by atoms with Gasteiger partial charge in [-0.3, -0.25) is 9.59 Å². The second-order valence-corrected chi connectivity index (χ2v) is 11.0. The van der Waals surface area contributed by atoms with Gasteiger partial charge in [-0.2, -0.15) is 0 Å². The van der Waals surface area contributed by atoms with Crippen LogP contribution in [0.15, 0.2) is 49.2 Å². The predicted octanol–water partition coefficient (Wildman–Crippen LogP) is 3.72. The molecule has 1 saturated carbocycles. The highest BCUT2D eigenvalue weighted by Crippen LogP contribution is 2.39. The first kappa shape index (κ1) is 26.3. The molecule has 3 heterocycles. The van der Waals surface area contributed by atoms with Crippen LogP contribution in [-0.4, -0.2) is 53.3 Å². The number of carbonyl (C=O) groups is 2. The lowest BCUT2D eigenvalue weighted by Crippen LogP contribution is -2.53. The number of halogens is 1. The summed E-state index contributed by atoms with van der Waals surface area (Å²) in [5, 5.41) is 3.69. The normalized spacial score (nSPS) is 28.5. The molecule has 1 aromatic heterocycles. The molecule has 4 aliphatic rings. The fraction of sp³-hybridized carbons (Fsp3) is 0.452. The number of hydrogen-bond acceptors (Lipinski definition) is 7. The van der Waals surface area contributed by atoms with E-state index in [0.29, 0.717) is 25.3 Å². The summed E-state index contributed by atoms with van der Waals surface area (Å²) in [6.45, 7) is 7.21. The second-order valence-electron chi connectivity index (χ2n) is 11.0. The zero-order valence-corrected chi connectivity index (χ0v) is 22.3. The van der Waals surface area contributed by atoms with Crippen molar-refractivity contribution in [1.82, 2.24) is 15.2 Å². The maximum absolute atomic E-state index is 13.7. The van der Waals surface area contributed by atoms with Crippen LogP contribution < -0.4 is 14.8 Å². The van der Waals surface area contributed by atoms with Crippen LogP contribution in [0.25, 0.3) is 0 Å². The molecule has 2 fully saturated rings. The molecule has 2 aliphatic heterocycles. The van der Waals surface area contributed by atoms with Gasteiger partial charge in [0.05, 0.1) is 12.1 Å². The van der Waals surface area contributed by atoms with Gasteiger partial charge in [0, 0.05) is 31.0 Å². The standard InChI is InChI=1S/C31H32FN3O5/c1-3-19-12-23-28(34-14-20-5-11-26-27(13-20)39-17-38-26)18(2)4-10-25(29(23)40-31(37)21-6-7-21)35(16-19)30(36)24-9-8-22(32)15-33-24/h3,5,8-9,11,13,15,18-19,21,23,25,28-29,34H,1,6-7,12,14,16-17H2,2H3/t18-,19-,23-,25-,28?,29+/m0/s1. The molecule has 2 aromatic rings. The third kappa shape index (κ3) is 5.28. The van der Waals surface area contributed by atoms with E-state index < -0.39 is 18.0 Å². The van der Waals surface area contributed by atoms with Crippen molar-refractivity contribution >= 4 is 11.9 Å². The number of likely N-dealkylation sites (tertiary alicyclic amines) is 1. The number of pyridine rings is 1. The third-order valence-electron chi connectivity index (χ3n) is 8.22. The zero-order chi connectivity index (χ0) is 27.8. The molecular formula is C31H32FN3O5. The fourth-order valence-electron chi connectivity index (χ4n) is 5.87. The molecular weight excluding hydrogens is 513 g/mol. The van der Waals surface area contributed by atoms with Crippen molar-refractivity contribution in [3.05, 3.63) is 66.3 Å². The number of amides is 1. The average molecular weight is 546 g/mol. The third-order valence-corrected chi connectivity index (χ3v) is 8.22. The summed E-state index contributed by atoms with van der Waals surface area (Å²) in [6, 6.07) is 7.66. The van der Waals surface area contributed by atoms with E-state index in [9.17, 15) is 14.0 Å². The molecule has 1 N–H and O–H groups in total. The Morgan fingerprint density at radius 1 is 1.23 bits per heavy atom. The van der Waals surface area contributed by atoms with E-state index in [-0.39, 0.29) is 54.1 Å². The molecule has 1 saturated heterocycles. The smallest absolute Gasteiger partial charge is 0.309 e. The quantitative estimate of drug-likeness (QED) is 0.322. The lowest BCUT2D eigenvalue weighted by Gasteiger charge is -2.37. The van der Waals surface area contributed by atoms with Crippen LogP contribution in [0.2, 0.25) is 0 Å². The van der Waals surface area contributed by atoms with Crippen LogP contribution in [0.3, 0.4) is 0 Å². The van der Waals surface area contributed by atoms with Gasteiger partial charge in [-0.25, -0.2) is 9.37 Å². The number of rotatable bonds is 7. The van der Waals surface area contributed by atoms with Crippen LogP contribution in [0.5, 0.6) is 11.5 Å². The summed E-state index contributed by atoms with van der Waals surface area (Å²) in [7, 11) is 0. The highest BCUT2D eigenvalue weighted by atomic mass is 19.1.